The number of hydrogen-bond acceptors (Lipinski definition) is 7. The van der Waals surface area contributed by atoms with E-state index in [1.54, 1.807) is 7.11 Å². The van der Waals surface area contributed by atoms with Gasteiger partial charge in [-0.3, -0.25) is 14.3 Å². The molecule has 0 saturated carbocycles. The number of methoxy groups -OCH3 is 1. The molecular weight excluding hydrogens is 544 g/mol. The molecule has 1 N–H and O–H groups in total. The van der Waals surface area contributed by atoms with Gasteiger partial charge in [-0.05, 0) is 28.8 Å². The summed E-state index contributed by atoms with van der Waals surface area (Å²) >= 11 is 3.68. The van der Waals surface area contributed by atoms with Crippen molar-refractivity contribution < 1.29 is 14.2 Å². The third kappa shape index (κ3) is 5.03. The lowest BCUT2D eigenvalue weighted by molar-refractivity contribution is -0.0760. The van der Waals surface area contributed by atoms with Crippen molar-refractivity contribution in [3.63, 3.8) is 0 Å². The van der Waals surface area contributed by atoms with Gasteiger partial charge in [-0.25, -0.2) is 4.79 Å². The maximum atomic E-state index is 12.7. The van der Waals surface area contributed by atoms with Gasteiger partial charge in [0.15, 0.2) is 6.23 Å². The summed E-state index contributed by atoms with van der Waals surface area (Å²) in [5.74, 6) is 2.74. The molecule has 2 aliphatic heterocycles. The topological polar surface area (TPSA) is 82.6 Å². The van der Waals surface area contributed by atoms with Crippen molar-refractivity contribution in [3.05, 3.63) is 135 Å². The highest BCUT2D eigenvalue weighted by Crippen LogP contribution is 2.48. The molecule has 4 atom stereocenters. The van der Waals surface area contributed by atoms with Crippen LogP contribution in [0.25, 0.3) is 0 Å². The summed E-state index contributed by atoms with van der Waals surface area (Å²) < 4.78 is 20.7. The summed E-state index contributed by atoms with van der Waals surface area (Å²) in [6.45, 7) is 0.305. The largest absolute Gasteiger partial charge is 0.497 e. The Hall–Kier alpha value is -3.24. The summed E-state index contributed by atoms with van der Waals surface area (Å²) in [6, 6.07) is 29.8. The highest BCUT2D eigenvalue weighted by molar-refractivity contribution is 8.07. The minimum Gasteiger partial charge on any atom is -0.497 e. The molecule has 0 unspecified atom stereocenters. The molecule has 0 radical (unpaired) electrons. The van der Waals surface area contributed by atoms with E-state index in [0.717, 1.165) is 33.9 Å². The number of hydrogen-bond donors (Lipinski definition) is 1. The Labute approximate surface area is 240 Å². The molecule has 3 aromatic carbocycles. The van der Waals surface area contributed by atoms with Crippen molar-refractivity contribution in [1.29, 1.82) is 0 Å². The zero-order chi connectivity index (χ0) is 27.5. The van der Waals surface area contributed by atoms with E-state index in [4.69, 9.17) is 14.2 Å². The monoisotopic (exact) mass is 574 g/mol. The molecule has 4 aromatic rings. The molecule has 2 aliphatic rings. The number of rotatable bonds is 8. The van der Waals surface area contributed by atoms with Crippen molar-refractivity contribution >= 4 is 23.5 Å². The summed E-state index contributed by atoms with van der Waals surface area (Å²) in [6.07, 6.45) is 0.767. The van der Waals surface area contributed by atoms with Crippen LogP contribution in [-0.2, 0) is 15.1 Å². The van der Waals surface area contributed by atoms with E-state index >= 15 is 0 Å². The second kappa shape index (κ2) is 11.7. The van der Waals surface area contributed by atoms with E-state index in [2.05, 4.69) is 29.2 Å². The number of ether oxygens (including phenoxy) is 3. The molecule has 0 aliphatic carbocycles. The van der Waals surface area contributed by atoms with E-state index in [-0.39, 0.29) is 16.6 Å². The SMILES string of the molecule is COc1ccc(C(OC[C@H]2O[C@@H](n3ccc(=O)[nH]c3=O)[C@@H]3SCCS[C@@H]32)(c2ccccc2)c2ccccc2)cc1. The molecule has 6 rings (SSSR count). The molecule has 1 aromatic heterocycles. The second-order valence-electron chi connectivity index (χ2n) is 9.71. The Morgan fingerprint density at radius 3 is 2.05 bits per heavy atom. The molecule has 9 heteroatoms. The van der Waals surface area contributed by atoms with E-state index in [1.807, 2.05) is 84.2 Å². The lowest BCUT2D eigenvalue weighted by atomic mass is 9.80. The van der Waals surface area contributed by atoms with Gasteiger partial charge in [0.1, 0.15) is 11.4 Å². The van der Waals surface area contributed by atoms with Crippen LogP contribution in [0.5, 0.6) is 5.75 Å². The number of nitrogens with one attached hydrogen (secondary N) is 1. The highest BCUT2D eigenvalue weighted by Gasteiger charge is 2.49. The molecule has 0 bridgehead atoms. The number of thioether (sulfide) groups is 2. The van der Waals surface area contributed by atoms with Crippen LogP contribution in [0.1, 0.15) is 22.9 Å². The Morgan fingerprint density at radius 2 is 1.45 bits per heavy atom. The molecule has 206 valence electrons. The third-order valence-electron chi connectivity index (χ3n) is 7.44. The normalized spacial score (nSPS) is 22.5. The Balaban J connectivity index is 1.40. The predicted octanol–water partition coefficient (Wildman–Crippen LogP) is 4.67. The van der Waals surface area contributed by atoms with Gasteiger partial charge in [0.05, 0.1) is 25.1 Å². The van der Waals surface area contributed by atoms with Crippen molar-refractivity contribution in [2.24, 2.45) is 0 Å². The molecule has 7 nitrogen and oxygen atoms in total. The second-order valence-corrected chi connectivity index (χ2v) is 12.3. The van der Waals surface area contributed by atoms with Crippen molar-refractivity contribution in [3.8, 4) is 5.75 Å². The molecule has 2 saturated heterocycles. The number of H-pyrrole nitrogens is 1. The van der Waals surface area contributed by atoms with Gasteiger partial charge in [-0.2, -0.15) is 23.5 Å². The fourth-order valence-corrected chi connectivity index (χ4v) is 8.76. The van der Waals surface area contributed by atoms with E-state index in [1.165, 1.54) is 16.8 Å². The van der Waals surface area contributed by atoms with E-state index < -0.39 is 23.1 Å². The summed E-state index contributed by atoms with van der Waals surface area (Å²) in [4.78, 5) is 26.8. The van der Waals surface area contributed by atoms with Crippen molar-refractivity contribution in [1.82, 2.24) is 9.55 Å². The molecule has 0 amide bonds. The van der Waals surface area contributed by atoms with Gasteiger partial charge in [-0.15, -0.1) is 0 Å². The van der Waals surface area contributed by atoms with Crippen LogP contribution in [0.3, 0.4) is 0 Å². The first-order valence-corrected chi connectivity index (χ1v) is 15.3. The van der Waals surface area contributed by atoms with Crippen LogP contribution < -0.4 is 16.0 Å². The average molecular weight is 575 g/mol. The van der Waals surface area contributed by atoms with Gasteiger partial charge in [0.25, 0.3) is 5.56 Å². The smallest absolute Gasteiger partial charge is 0.330 e. The first-order chi connectivity index (χ1) is 19.6. The zero-order valence-corrected chi connectivity index (χ0v) is 23.6. The van der Waals surface area contributed by atoms with Gasteiger partial charge in [-0.1, -0.05) is 72.8 Å². The van der Waals surface area contributed by atoms with Crippen LogP contribution in [0.15, 0.2) is 107 Å². The fraction of sp³-hybridized carbons (Fsp3) is 0.290. The van der Waals surface area contributed by atoms with Gasteiger partial charge < -0.3 is 14.2 Å². The first kappa shape index (κ1) is 27.0. The number of aromatic nitrogens is 2. The van der Waals surface area contributed by atoms with Gasteiger partial charge in [0, 0.05) is 29.0 Å². The zero-order valence-electron chi connectivity index (χ0n) is 22.0. The first-order valence-electron chi connectivity index (χ1n) is 13.2. The van der Waals surface area contributed by atoms with Crippen LogP contribution in [0, 0.1) is 0 Å². The quantitative estimate of drug-likeness (QED) is 0.306. The molecule has 3 heterocycles. The van der Waals surface area contributed by atoms with Crippen LogP contribution in [-0.4, -0.2) is 51.4 Å². The Kier molecular flexibility index (Phi) is 7.89. The van der Waals surface area contributed by atoms with Crippen LogP contribution in [0.2, 0.25) is 0 Å². The third-order valence-corrected chi connectivity index (χ3v) is 10.6. The molecule has 0 spiro atoms. The van der Waals surface area contributed by atoms with Crippen molar-refractivity contribution in [2.45, 2.75) is 28.4 Å². The standard InChI is InChI=1S/C31H30N2O5S2/c1-36-24-14-12-23(13-15-24)31(21-8-4-2-5-9-21,22-10-6-3-7-11-22)37-20-25-27-28(40-19-18-39-27)29(38-25)33-17-16-26(34)32-30(33)35/h2-17,25,27-29H,18-20H2,1H3,(H,32,34,35)/t25-,27-,28-,29-/m1/s1. The van der Waals surface area contributed by atoms with Crippen molar-refractivity contribution in [2.75, 3.05) is 25.2 Å². The lowest BCUT2D eigenvalue weighted by Gasteiger charge is -2.37. The number of fused-ring (bicyclic) bond motifs is 1. The molecular formula is C31H30N2O5S2. The van der Waals surface area contributed by atoms with E-state index in [0.29, 0.717) is 6.61 Å². The summed E-state index contributed by atoms with van der Waals surface area (Å²) in [5.41, 5.74) is 1.18. The van der Waals surface area contributed by atoms with Gasteiger partial charge >= 0.3 is 5.69 Å². The Morgan fingerprint density at radius 1 is 0.850 bits per heavy atom. The summed E-state index contributed by atoms with van der Waals surface area (Å²) in [7, 11) is 1.66. The van der Waals surface area contributed by atoms with Crippen LogP contribution >= 0.6 is 23.5 Å². The highest BCUT2D eigenvalue weighted by atomic mass is 32.2. The number of nitrogens with zero attached hydrogens (tertiary/aromatic N) is 1. The number of aromatic amines is 1. The van der Waals surface area contributed by atoms with E-state index in [9.17, 15) is 9.59 Å². The van der Waals surface area contributed by atoms with Gasteiger partial charge in [0.2, 0.25) is 0 Å². The molecule has 40 heavy (non-hydrogen) atoms. The Bertz CT molecular complexity index is 1500. The summed E-state index contributed by atoms with van der Waals surface area (Å²) in [5, 5.41) is 0.183. The number of benzene rings is 3. The minimum absolute atomic E-state index is 0.0554. The predicted molar refractivity (Wildman–Crippen MR) is 159 cm³/mol. The fourth-order valence-electron chi connectivity index (χ4n) is 5.57. The van der Waals surface area contributed by atoms with Crippen LogP contribution in [0.4, 0.5) is 0 Å². The average Bonchev–Trinajstić information content (AvgIpc) is 3.37. The maximum absolute atomic E-state index is 12.7. The minimum atomic E-state index is -0.910. The molecule has 2 fully saturated rings. The lowest BCUT2D eigenvalue weighted by Crippen LogP contribution is -2.39. The maximum Gasteiger partial charge on any atom is 0.330 e.